The summed E-state index contributed by atoms with van der Waals surface area (Å²) in [5.41, 5.74) is 12.4. The molecule has 0 radical (unpaired) electrons. The predicted octanol–water partition coefficient (Wildman–Crippen LogP) is 10.00. The first-order valence-electron chi connectivity index (χ1n) is 14.7. The van der Waals surface area contributed by atoms with Gasteiger partial charge in [0.2, 0.25) is 0 Å². The molecule has 2 aromatic heterocycles. The molecular formula is C40H29N3. The van der Waals surface area contributed by atoms with Crippen LogP contribution in [0.2, 0.25) is 0 Å². The standard InChI is InChI=1S/C40H29N3/c1-40(2)34-21-19-27-9-6-7-13-32(27)38(34)33-20-18-30(23-35(33)40)37-24-36(28-10-4-3-5-11-28)42-39(43-37)29-16-14-26(15-17-29)31-12-8-22-41-25-31/h3-25H,1-2H3. The summed E-state index contributed by atoms with van der Waals surface area (Å²) in [5.74, 6) is 0.711. The van der Waals surface area contributed by atoms with Crippen molar-refractivity contribution in [1.29, 1.82) is 0 Å². The number of fused-ring (bicyclic) bond motifs is 5. The summed E-state index contributed by atoms with van der Waals surface area (Å²) in [7, 11) is 0. The Balaban J connectivity index is 1.27. The van der Waals surface area contributed by atoms with Crippen molar-refractivity contribution in [2.75, 3.05) is 0 Å². The largest absolute Gasteiger partial charge is 0.264 e. The monoisotopic (exact) mass is 551 g/mol. The van der Waals surface area contributed by atoms with Crippen molar-refractivity contribution in [2.24, 2.45) is 0 Å². The molecule has 8 rings (SSSR count). The minimum atomic E-state index is -0.120. The first kappa shape index (κ1) is 25.3. The molecule has 1 aliphatic carbocycles. The third kappa shape index (κ3) is 4.24. The molecule has 43 heavy (non-hydrogen) atoms. The summed E-state index contributed by atoms with van der Waals surface area (Å²) in [6.45, 7) is 4.67. The maximum atomic E-state index is 5.15. The lowest BCUT2D eigenvalue weighted by Gasteiger charge is -2.22. The molecule has 3 heteroatoms. The predicted molar refractivity (Wildman–Crippen MR) is 177 cm³/mol. The smallest absolute Gasteiger partial charge is 0.160 e. The van der Waals surface area contributed by atoms with Crippen LogP contribution in [0.5, 0.6) is 0 Å². The second kappa shape index (κ2) is 9.85. The Hall–Kier alpha value is -5.41. The molecule has 0 bridgehead atoms. The van der Waals surface area contributed by atoms with Crippen LogP contribution in [0.25, 0.3) is 66.9 Å². The normalized spacial score (nSPS) is 13.1. The van der Waals surface area contributed by atoms with E-state index in [1.807, 2.05) is 18.3 Å². The Morgan fingerprint density at radius 3 is 2.00 bits per heavy atom. The highest BCUT2D eigenvalue weighted by Crippen LogP contribution is 2.52. The van der Waals surface area contributed by atoms with Crippen LogP contribution in [0.3, 0.4) is 0 Å². The highest BCUT2D eigenvalue weighted by molar-refractivity contribution is 6.02. The van der Waals surface area contributed by atoms with E-state index in [2.05, 4.69) is 134 Å². The van der Waals surface area contributed by atoms with E-state index in [-0.39, 0.29) is 5.41 Å². The first-order chi connectivity index (χ1) is 21.1. The average molecular weight is 552 g/mol. The highest BCUT2D eigenvalue weighted by Gasteiger charge is 2.36. The van der Waals surface area contributed by atoms with Crippen molar-refractivity contribution in [2.45, 2.75) is 19.3 Å². The van der Waals surface area contributed by atoms with E-state index in [0.29, 0.717) is 5.82 Å². The Morgan fingerprint density at radius 1 is 0.512 bits per heavy atom. The Labute approximate surface area is 251 Å². The molecular weight excluding hydrogens is 522 g/mol. The van der Waals surface area contributed by atoms with E-state index in [9.17, 15) is 0 Å². The van der Waals surface area contributed by atoms with Crippen LogP contribution in [0, 0.1) is 0 Å². The van der Waals surface area contributed by atoms with Gasteiger partial charge in [0.15, 0.2) is 5.82 Å². The van der Waals surface area contributed by atoms with Gasteiger partial charge in [-0.25, -0.2) is 9.97 Å². The van der Waals surface area contributed by atoms with E-state index in [4.69, 9.17) is 9.97 Å². The minimum Gasteiger partial charge on any atom is -0.264 e. The fraction of sp³-hybridized carbons (Fsp3) is 0.0750. The second-order valence-corrected chi connectivity index (χ2v) is 11.7. The summed E-state index contributed by atoms with van der Waals surface area (Å²) < 4.78 is 0. The fourth-order valence-electron chi connectivity index (χ4n) is 6.49. The lowest BCUT2D eigenvalue weighted by Crippen LogP contribution is -2.15. The molecule has 0 saturated heterocycles. The maximum Gasteiger partial charge on any atom is 0.160 e. The summed E-state index contributed by atoms with van der Waals surface area (Å²) in [6.07, 6.45) is 3.68. The van der Waals surface area contributed by atoms with E-state index in [0.717, 1.165) is 39.2 Å². The molecule has 0 N–H and O–H groups in total. The molecule has 204 valence electrons. The number of hydrogen-bond donors (Lipinski definition) is 0. The third-order valence-corrected chi connectivity index (χ3v) is 8.79. The van der Waals surface area contributed by atoms with Crippen LogP contribution in [-0.4, -0.2) is 15.0 Å². The van der Waals surface area contributed by atoms with E-state index < -0.39 is 0 Å². The summed E-state index contributed by atoms with van der Waals surface area (Å²) >= 11 is 0. The zero-order chi connectivity index (χ0) is 29.0. The molecule has 0 fully saturated rings. The molecule has 0 saturated carbocycles. The van der Waals surface area contributed by atoms with Gasteiger partial charge in [-0.1, -0.05) is 123 Å². The van der Waals surface area contributed by atoms with Gasteiger partial charge in [0, 0.05) is 34.5 Å². The molecule has 0 amide bonds. The van der Waals surface area contributed by atoms with Crippen molar-refractivity contribution < 1.29 is 0 Å². The molecule has 7 aromatic rings. The third-order valence-electron chi connectivity index (χ3n) is 8.79. The molecule has 5 aromatic carbocycles. The summed E-state index contributed by atoms with van der Waals surface area (Å²) in [4.78, 5) is 14.5. The minimum absolute atomic E-state index is 0.120. The van der Waals surface area contributed by atoms with Gasteiger partial charge in [0.25, 0.3) is 0 Å². The van der Waals surface area contributed by atoms with E-state index >= 15 is 0 Å². The van der Waals surface area contributed by atoms with Crippen LogP contribution < -0.4 is 0 Å². The lowest BCUT2D eigenvalue weighted by atomic mass is 9.81. The zero-order valence-electron chi connectivity index (χ0n) is 24.1. The van der Waals surface area contributed by atoms with Gasteiger partial charge in [-0.15, -0.1) is 0 Å². The number of rotatable bonds is 4. The van der Waals surface area contributed by atoms with E-state index in [1.54, 1.807) is 6.20 Å². The van der Waals surface area contributed by atoms with Gasteiger partial charge in [0.1, 0.15) is 0 Å². The van der Waals surface area contributed by atoms with Gasteiger partial charge in [-0.05, 0) is 62.4 Å². The Kier molecular flexibility index (Phi) is 5.80. The van der Waals surface area contributed by atoms with E-state index in [1.165, 1.54) is 33.0 Å². The number of aromatic nitrogens is 3. The molecule has 1 aliphatic rings. The van der Waals surface area contributed by atoms with Crippen LogP contribution >= 0.6 is 0 Å². The average Bonchev–Trinajstić information content (AvgIpc) is 3.31. The van der Waals surface area contributed by atoms with Gasteiger partial charge in [-0.3, -0.25) is 4.98 Å². The van der Waals surface area contributed by atoms with Crippen molar-refractivity contribution in [3.05, 3.63) is 151 Å². The van der Waals surface area contributed by atoms with Crippen molar-refractivity contribution in [3.63, 3.8) is 0 Å². The van der Waals surface area contributed by atoms with Gasteiger partial charge in [-0.2, -0.15) is 0 Å². The number of nitrogens with zero attached hydrogens (tertiary/aromatic N) is 3. The molecule has 0 spiro atoms. The Morgan fingerprint density at radius 2 is 1.21 bits per heavy atom. The summed E-state index contributed by atoms with van der Waals surface area (Å²) in [6, 6.07) is 45.1. The van der Waals surface area contributed by atoms with Crippen LogP contribution in [0.4, 0.5) is 0 Å². The SMILES string of the molecule is CC1(C)c2cc(-c3cc(-c4ccccc4)nc(-c4ccc(-c5cccnc5)cc4)n3)ccc2-c2c1ccc1ccccc21. The molecule has 0 atom stereocenters. The number of benzene rings is 5. The molecule has 0 aliphatic heterocycles. The quantitative estimate of drug-likeness (QED) is 0.218. The zero-order valence-corrected chi connectivity index (χ0v) is 24.1. The first-order valence-corrected chi connectivity index (χ1v) is 14.7. The second-order valence-electron chi connectivity index (χ2n) is 11.7. The topological polar surface area (TPSA) is 38.7 Å². The van der Waals surface area contributed by atoms with Crippen molar-refractivity contribution in [1.82, 2.24) is 15.0 Å². The number of hydrogen-bond acceptors (Lipinski definition) is 3. The highest BCUT2D eigenvalue weighted by atomic mass is 14.9. The van der Waals surface area contributed by atoms with Gasteiger partial charge < -0.3 is 0 Å². The summed E-state index contributed by atoms with van der Waals surface area (Å²) in [5, 5.41) is 2.58. The number of pyridine rings is 1. The molecule has 0 unspecified atom stereocenters. The van der Waals surface area contributed by atoms with Crippen LogP contribution in [-0.2, 0) is 5.41 Å². The van der Waals surface area contributed by atoms with Crippen molar-refractivity contribution in [3.8, 4) is 56.2 Å². The molecule has 3 nitrogen and oxygen atoms in total. The van der Waals surface area contributed by atoms with Crippen molar-refractivity contribution >= 4 is 10.8 Å². The Bertz CT molecular complexity index is 2130. The van der Waals surface area contributed by atoms with Crippen LogP contribution in [0.15, 0.2) is 140 Å². The maximum absolute atomic E-state index is 5.15. The fourth-order valence-corrected chi connectivity index (χ4v) is 6.49. The lowest BCUT2D eigenvalue weighted by molar-refractivity contribution is 0.661. The van der Waals surface area contributed by atoms with Crippen LogP contribution in [0.1, 0.15) is 25.0 Å². The van der Waals surface area contributed by atoms with Gasteiger partial charge >= 0.3 is 0 Å². The molecule has 2 heterocycles. The van der Waals surface area contributed by atoms with Gasteiger partial charge in [0.05, 0.1) is 11.4 Å².